The smallest absolute Gasteiger partial charge is 0.254 e. The molecule has 0 unspecified atom stereocenters. The Morgan fingerprint density at radius 2 is 2.24 bits per heavy atom. The fourth-order valence-corrected chi connectivity index (χ4v) is 2.24. The second kappa shape index (κ2) is 5.14. The number of carbonyl (C=O) groups excluding carboxylic acids is 1. The van der Waals surface area contributed by atoms with E-state index < -0.39 is 11.7 Å². The zero-order valence-electron chi connectivity index (χ0n) is 9.12. The summed E-state index contributed by atoms with van der Waals surface area (Å²) in [6.07, 6.45) is 1.18. The van der Waals surface area contributed by atoms with Crippen molar-refractivity contribution in [3.8, 4) is 0 Å². The first-order chi connectivity index (χ1) is 8.08. The van der Waals surface area contributed by atoms with Crippen LogP contribution in [0.15, 0.2) is 22.7 Å². The molecule has 1 aromatic carbocycles. The van der Waals surface area contributed by atoms with E-state index in [1.54, 1.807) is 12.1 Å². The van der Waals surface area contributed by atoms with Crippen molar-refractivity contribution in [2.24, 2.45) is 5.92 Å². The molecule has 17 heavy (non-hydrogen) atoms. The Hall–Kier alpha value is -0.940. The molecule has 5 heteroatoms. The van der Waals surface area contributed by atoms with Gasteiger partial charge in [0.05, 0.1) is 16.1 Å². The van der Waals surface area contributed by atoms with E-state index in [4.69, 9.17) is 5.11 Å². The number of aliphatic hydroxyl groups is 1. The van der Waals surface area contributed by atoms with Gasteiger partial charge in [0.1, 0.15) is 5.82 Å². The third kappa shape index (κ3) is 2.84. The highest BCUT2D eigenvalue weighted by atomic mass is 79.9. The van der Waals surface area contributed by atoms with Gasteiger partial charge in [-0.25, -0.2) is 4.39 Å². The van der Waals surface area contributed by atoms with Crippen LogP contribution in [0.2, 0.25) is 0 Å². The zero-order chi connectivity index (χ0) is 12.4. The number of aliphatic hydroxyl groups excluding tert-OH is 1. The van der Waals surface area contributed by atoms with E-state index in [1.165, 1.54) is 6.07 Å². The van der Waals surface area contributed by atoms with E-state index in [-0.39, 0.29) is 16.1 Å². The van der Waals surface area contributed by atoms with E-state index in [9.17, 15) is 9.18 Å². The molecule has 0 heterocycles. The van der Waals surface area contributed by atoms with Gasteiger partial charge in [0.25, 0.3) is 5.91 Å². The van der Waals surface area contributed by atoms with E-state index in [1.807, 2.05) is 0 Å². The Morgan fingerprint density at radius 1 is 1.53 bits per heavy atom. The van der Waals surface area contributed by atoms with Crippen LogP contribution in [0.4, 0.5) is 4.39 Å². The molecular formula is C12H13BrFNO2. The predicted octanol–water partition coefficient (Wildman–Crippen LogP) is 2.09. The summed E-state index contributed by atoms with van der Waals surface area (Å²) in [7, 11) is 0. The monoisotopic (exact) mass is 301 g/mol. The lowest BCUT2D eigenvalue weighted by atomic mass is 9.82. The molecule has 0 radical (unpaired) electrons. The summed E-state index contributed by atoms with van der Waals surface area (Å²) in [6, 6.07) is 4.62. The van der Waals surface area contributed by atoms with Gasteiger partial charge in [-0.1, -0.05) is 6.07 Å². The summed E-state index contributed by atoms with van der Waals surface area (Å²) in [4.78, 5) is 11.7. The summed E-state index contributed by atoms with van der Waals surface area (Å²) in [5.74, 6) is -0.645. The first-order valence-electron chi connectivity index (χ1n) is 5.48. The summed E-state index contributed by atoms with van der Waals surface area (Å²) in [5, 5.41) is 11.8. The van der Waals surface area contributed by atoms with Crippen molar-refractivity contribution in [3.63, 3.8) is 0 Å². The van der Waals surface area contributed by atoms with Crippen LogP contribution in [0, 0.1) is 11.7 Å². The Labute approximate surface area is 107 Å². The largest absolute Gasteiger partial charge is 0.393 e. The quantitative estimate of drug-likeness (QED) is 0.898. The second-order valence-corrected chi connectivity index (χ2v) is 5.16. The summed E-state index contributed by atoms with van der Waals surface area (Å²) in [6.45, 7) is 0.488. The van der Waals surface area contributed by atoms with Gasteiger partial charge in [-0.3, -0.25) is 4.79 Å². The molecule has 0 spiro atoms. The van der Waals surface area contributed by atoms with Crippen molar-refractivity contribution in [1.82, 2.24) is 5.32 Å². The molecule has 0 saturated heterocycles. The first kappa shape index (κ1) is 12.5. The van der Waals surface area contributed by atoms with Crippen molar-refractivity contribution in [3.05, 3.63) is 34.1 Å². The molecule has 1 aromatic rings. The molecule has 1 aliphatic rings. The number of amides is 1. The molecule has 3 nitrogen and oxygen atoms in total. The van der Waals surface area contributed by atoms with E-state index in [0.29, 0.717) is 25.3 Å². The lowest BCUT2D eigenvalue weighted by Gasteiger charge is -2.31. The standard InChI is InChI=1S/C12H13BrFNO2/c13-10-3-1-2-9(11(10)14)12(17)15-6-7-4-8(16)5-7/h1-3,7-8,16H,4-6H2,(H,15,17). The minimum Gasteiger partial charge on any atom is -0.393 e. The normalized spacial score (nSPS) is 23.0. The van der Waals surface area contributed by atoms with Crippen molar-refractivity contribution in [2.45, 2.75) is 18.9 Å². The zero-order valence-corrected chi connectivity index (χ0v) is 10.7. The van der Waals surface area contributed by atoms with Crippen molar-refractivity contribution >= 4 is 21.8 Å². The second-order valence-electron chi connectivity index (χ2n) is 4.30. The Bertz CT molecular complexity index is 433. The molecule has 1 aliphatic carbocycles. The molecular weight excluding hydrogens is 289 g/mol. The van der Waals surface area contributed by atoms with Crippen LogP contribution >= 0.6 is 15.9 Å². The number of halogens is 2. The summed E-state index contributed by atoms with van der Waals surface area (Å²) < 4.78 is 13.9. The molecule has 1 amide bonds. The minimum atomic E-state index is -0.543. The lowest BCUT2D eigenvalue weighted by molar-refractivity contribution is 0.0420. The molecule has 1 fully saturated rings. The first-order valence-corrected chi connectivity index (χ1v) is 6.27. The van der Waals surface area contributed by atoms with Gasteiger partial charge in [0, 0.05) is 6.54 Å². The van der Waals surface area contributed by atoms with Crippen LogP contribution in [0.5, 0.6) is 0 Å². The number of rotatable bonds is 3. The molecule has 92 valence electrons. The number of hydrogen-bond acceptors (Lipinski definition) is 2. The van der Waals surface area contributed by atoms with Crippen molar-refractivity contribution in [1.29, 1.82) is 0 Å². The predicted molar refractivity (Wildman–Crippen MR) is 65.2 cm³/mol. The SMILES string of the molecule is O=C(NCC1CC(O)C1)c1cccc(Br)c1F. The molecule has 1 saturated carbocycles. The fourth-order valence-electron chi connectivity index (χ4n) is 1.88. The van der Waals surface area contributed by atoms with Gasteiger partial charge in [-0.05, 0) is 46.8 Å². The highest BCUT2D eigenvalue weighted by molar-refractivity contribution is 9.10. The number of nitrogens with one attached hydrogen (secondary N) is 1. The van der Waals surface area contributed by atoms with Crippen LogP contribution in [0.3, 0.4) is 0 Å². The number of hydrogen-bond donors (Lipinski definition) is 2. The molecule has 0 aliphatic heterocycles. The number of carbonyl (C=O) groups is 1. The van der Waals surface area contributed by atoms with Crippen LogP contribution < -0.4 is 5.32 Å². The third-order valence-corrected chi connectivity index (χ3v) is 3.57. The van der Waals surface area contributed by atoms with Crippen LogP contribution in [0.25, 0.3) is 0 Å². The molecule has 2 N–H and O–H groups in total. The topological polar surface area (TPSA) is 49.3 Å². The van der Waals surface area contributed by atoms with Crippen LogP contribution in [0.1, 0.15) is 23.2 Å². The Balaban J connectivity index is 1.93. The third-order valence-electron chi connectivity index (χ3n) is 2.96. The summed E-state index contributed by atoms with van der Waals surface area (Å²) >= 11 is 3.04. The number of benzene rings is 1. The maximum Gasteiger partial charge on any atom is 0.254 e. The maximum absolute atomic E-state index is 13.6. The highest BCUT2D eigenvalue weighted by Gasteiger charge is 2.27. The van der Waals surface area contributed by atoms with Gasteiger partial charge in [0.2, 0.25) is 0 Å². The average Bonchev–Trinajstić information content (AvgIpc) is 2.26. The van der Waals surface area contributed by atoms with Gasteiger partial charge in [0.15, 0.2) is 0 Å². The molecule has 0 atom stereocenters. The molecule has 0 aromatic heterocycles. The van der Waals surface area contributed by atoms with E-state index in [2.05, 4.69) is 21.2 Å². The molecule has 0 bridgehead atoms. The van der Waals surface area contributed by atoms with Gasteiger partial charge >= 0.3 is 0 Å². The summed E-state index contributed by atoms with van der Waals surface area (Å²) in [5.41, 5.74) is 0.0410. The van der Waals surface area contributed by atoms with E-state index in [0.717, 1.165) is 0 Å². The van der Waals surface area contributed by atoms with Gasteiger partial charge in [-0.2, -0.15) is 0 Å². The highest BCUT2D eigenvalue weighted by Crippen LogP contribution is 2.26. The van der Waals surface area contributed by atoms with Gasteiger partial charge in [-0.15, -0.1) is 0 Å². The van der Waals surface area contributed by atoms with Crippen LogP contribution in [-0.2, 0) is 0 Å². The van der Waals surface area contributed by atoms with Crippen LogP contribution in [-0.4, -0.2) is 23.7 Å². The Morgan fingerprint density at radius 3 is 2.88 bits per heavy atom. The average molecular weight is 302 g/mol. The fraction of sp³-hybridized carbons (Fsp3) is 0.417. The van der Waals surface area contributed by atoms with Crippen molar-refractivity contribution in [2.75, 3.05) is 6.54 Å². The Kier molecular flexibility index (Phi) is 3.79. The maximum atomic E-state index is 13.6. The van der Waals surface area contributed by atoms with Gasteiger partial charge < -0.3 is 10.4 Å². The molecule has 2 rings (SSSR count). The van der Waals surface area contributed by atoms with Crippen molar-refractivity contribution < 1.29 is 14.3 Å². The van der Waals surface area contributed by atoms with E-state index >= 15 is 0 Å². The minimum absolute atomic E-state index is 0.0410. The lowest BCUT2D eigenvalue weighted by Crippen LogP contribution is -2.38.